The van der Waals surface area contributed by atoms with Gasteiger partial charge in [-0.25, -0.2) is 4.79 Å². The second-order valence-corrected chi connectivity index (χ2v) is 5.25. The summed E-state index contributed by atoms with van der Waals surface area (Å²) in [6, 6.07) is 2.32. The van der Waals surface area contributed by atoms with Crippen LogP contribution in [-0.2, 0) is 10.5 Å². The number of aromatic nitrogens is 3. The second kappa shape index (κ2) is 5.08. The number of carbonyl (C=O) groups is 1. The highest BCUT2D eigenvalue weighted by atomic mass is 32.2. The first-order valence-corrected chi connectivity index (χ1v) is 6.95. The summed E-state index contributed by atoms with van der Waals surface area (Å²) in [5.41, 5.74) is 0.808. The van der Waals surface area contributed by atoms with Crippen molar-refractivity contribution >= 4 is 17.7 Å². The Hall–Kier alpha value is -1.76. The molecule has 1 aliphatic carbocycles. The van der Waals surface area contributed by atoms with E-state index in [9.17, 15) is 4.79 Å². The van der Waals surface area contributed by atoms with Gasteiger partial charge >= 0.3 is 5.97 Å². The number of carbonyl (C=O) groups excluding carboxylic acids is 1. The minimum absolute atomic E-state index is 0.257. The first-order chi connectivity index (χ1) is 9.29. The van der Waals surface area contributed by atoms with Crippen molar-refractivity contribution in [2.24, 2.45) is 0 Å². The van der Waals surface area contributed by atoms with Gasteiger partial charge in [0.25, 0.3) is 0 Å². The molecule has 3 rings (SSSR count). The van der Waals surface area contributed by atoms with E-state index < -0.39 is 5.97 Å². The Morgan fingerprint density at radius 2 is 2.47 bits per heavy atom. The molecule has 100 valence electrons. The van der Waals surface area contributed by atoms with Crippen LogP contribution in [-0.4, -0.2) is 27.8 Å². The molecule has 1 aliphatic rings. The molecule has 0 N–H and O–H groups in total. The van der Waals surface area contributed by atoms with Crippen LogP contribution in [0.15, 0.2) is 28.2 Å². The zero-order valence-corrected chi connectivity index (χ0v) is 11.2. The van der Waals surface area contributed by atoms with Crippen LogP contribution in [0.2, 0.25) is 0 Å². The van der Waals surface area contributed by atoms with E-state index in [1.807, 2.05) is 0 Å². The third-order valence-electron chi connectivity index (χ3n) is 2.95. The number of furan rings is 1. The number of nitrogens with zero attached hydrogens (tertiary/aromatic N) is 3. The summed E-state index contributed by atoms with van der Waals surface area (Å²) in [6.45, 7) is 0. The molecule has 0 amide bonds. The van der Waals surface area contributed by atoms with Crippen molar-refractivity contribution in [1.29, 1.82) is 0 Å². The number of methoxy groups -OCH3 is 1. The van der Waals surface area contributed by atoms with Crippen molar-refractivity contribution in [3.63, 3.8) is 0 Å². The van der Waals surface area contributed by atoms with Gasteiger partial charge in [-0.1, -0.05) is 11.8 Å². The van der Waals surface area contributed by atoms with Gasteiger partial charge in [0.1, 0.15) is 6.33 Å². The van der Waals surface area contributed by atoms with E-state index >= 15 is 0 Å². The first kappa shape index (κ1) is 12.3. The fourth-order valence-corrected chi connectivity index (χ4v) is 2.76. The van der Waals surface area contributed by atoms with Gasteiger partial charge in [-0.15, -0.1) is 10.2 Å². The Kier molecular flexibility index (Phi) is 3.29. The summed E-state index contributed by atoms with van der Waals surface area (Å²) in [6.07, 6.45) is 5.62. The lowest BCUT2D eigenvalue weighted by Gasteiger charge is -2.03. The summed E-state index contributed by atoms with van der Waals surface area (Å²) in [4.78, 5) is 11.5. The van der Waals surface area contributed by atoms with Gasteiger partial charge in [-0.05, 0) is 18.9 Å². The minimum Gasteiger partial charge on any atom is -0.463 e. The highest BCUT2D eigenvalue weighted by Crippen LogP contribution is 2.37. The van der Waals surface area contributed by atoms with Crippen LogP contribution < -0.4 is 0 Å². The van der Waals surface area contributed by atoms with Crippen LogP contribution >= 0.6 is 11.8 Å². The molecular weight excluding hydrogens is 266 g/mol. The zero-order chi connectivity index (χ0) is 13.2. The molecule has 2 aromatic rings. The molecule has 0 spiro atoms. The third kappa shape index (κ3) is 2.51. The normalized spacial score (nSPS) is 14.6. The van der Waals surface area contributed by atoms with E-state index in [2.05, 4.69) is 19.5 Å². The molecule has 2 heterocycles. The predicted octanol–water partition coefficient (Wildman–Crippen LogP) is 2.28. The van der Waals surface area contributed by atoms with Crippen molar-refractivity contribution in [2.75, 3.05) is 7.11 Å². The Morgan fingerprint density at radius 3 is 3.21 bits per heavy atom. The molecule has 0 saturated heterocycles. The smallest absolute Gasteiger partial charge is 0.374 e. The fourth-order valence-electron chi connectivity index (χ4n) is 1.80. The standard InChI is InChI=1S/C12H13N3O3S/c1-17-11(16)10-8(4-5-18-10)6-19-12-14-13-7-15(12)9-2-3-9/h4-5,7,9H,2-3,6H2,1H3. The molecule has 6 nitrogen and oxygen atoms in total. The van der Waals surface area contributed by atoms with Crippen LogP contribution in [0, 0.1) is 0 Å². The van der Waals surface area contributed by atoms with Gasteiger partial charge in [0, 0.05) is 17.4 Å². The van der Waals surface area contributed by atoms with Gasteiger partial charge in [0.2, 0.25) is 5.76 Å². The Bertz CT molecular complexity index is 589. The molecule has 0 aromatic carbocycles. The fraction of sp³-hybridized carbons (Fsp3) is 0.417. The SMILES string of the molecule is COC(=O)c1occc1CSc1nncn1C1CC1. The second-order valence-electron chi connectivity index (χ2n) is 4.31. The number of esters is 1. The van der Waals surface area contributed by atoms with Crippen molar-refractivity contribution < 1.29 is 13.9 Å². The highest BCUT2D eigenvalue weighted by Gasteiger charge is 2.26. The lowest BCUT2D eigenvalue weighted by molar-refractivity contribution is 0.0564. The highest BCUT2D eigenvalue weighted by molar-refractivity contribution is 7.98. The molecule has 0 unspecified atom stereocenters. The summed E-state index contributed by atoms with van der Waals surface area (Å²) in [5.74, 6) is 0.406. The molecule has 0 radical (unpaired) electrons. The van der Waals surface area contributed by atoms with Crippen LogP contribution in [0.5, 0.6) is 0 Å². The van der Waals surface area contributed by atoms with Crippen LogP contribution in [0.4, 0.5) is 0 Å². The summed E-state index contributed by atoms with van der Waals surface area (Å²) < 4.78 is 11.9. The molecule has 0 bridgehead atoms. The van der Waals surface area contributed by atoms with E-state index in [0.29, 0.717) is 11.8 Å². The van der Waals surface area contributed by atoms with Crippen molar-refractivity contribution in [1.82, 2.24) is 14.8 Å². The third-order valence-corrected chi connectivity index (χ3v) is 3.96. The van der Waals surface area contributed by atoms with Gasteiger partial charge in [-0.2, -0.15) is 0 Å². The average Bonchev–Trinajstić information content (AvgIpc) is 2.99. The molecule has 1 fully saturated rings. The Balaban J connectivity index is 1.70. The average molecular weight is 279 g/mol. The monoisotopic (exact) mass is 279 g/mol. The molecule has 0 aliphatic heterocycles. The zero-order valence-electron chi connectivity index (χ0n) is 10.4. The summed E-state index contributed by atoms with van der Waals surface area (Å²) >= 11 is 1.54. The van der Waals surface area contributed by atoms with Crippen molar-refractivity contribution in [3.05, 3.63) is 30.0 Å². The number of rotatable bonds is 5. The predicted molar refractivity (Wildman–Crippen MR) is 67.9 cm³/mol. The lowest BCUT2D eigenvalue weighted by Crippen LogP contribution is -2.02. The number of hydrogen-bond acceptors (Lipinski definition) is 6. The topological polar surface area (TPSA) is 70.2 Å². The minimum atomic E-state index is -0.454. The van der Waals surface area contributed by atoms with Crippen molar-refractivity contribution in [2.45, 2.75) is 29.8 Å². The quantitative estimate of drug-likeness (QED) is 0.617. The number of thioether (sulfide) groups is 1. The van der Waals surface area contributed by atoms with E-state index in [4.69, 9.17) is 4.42 Å². The maximum atomic E-state index is 11.5. The van der Waals surface area contributed by atoms with Gasteiger partial charge in [-0.3, -0.25) is 0 Å². The summed E-state index contributed by atoms with van der Waals surface area (Å²) in [5, 5.41) is 8.91. The molecule has 7 heteroatoms. The Labute approximate surface area is 114 Å². The van der Waals surface area contributed by atoms with Crippen LogP contribution in [0.25, 0.3) is 0 Å². The van der Waals surface area contributed by atoms with Crippen molar-refractivity contribution in [3.8, 4) is 0 Å². The molecule has 2 aromatic heterocycles. The van der Waals surface area contributed by atoms with E-state index in [0.717, 1.165) is 10.7 Å². The first-order valence-electron chi connectivity index (χ1n) is 5.96. The van der Waals surface area contributed by atoms with E-state index in [1.54, 1.807) is 24.2 Å². The maximum Gasteiger partial charge on any atom is 0.374 e. The van der Waals surface area contributed by atoms with Gasteiger partial charge in [0.15, 0.2) is 5.16 Å². The largest absolute Gasteiger partial charge is 0.463 e. The molecule has 0 atom stereocenters. The van der Waals surface area contributed by atoms with Gasteiger partial charge < -0.3 is 13.7 Å². The lowest BCUT2D eigenvalue weighted by atomic mass is 10.3. The van der Waals surface area contributed by atoms with Crippen LogP contribution in [0.1, 0.15) is 35.0 Å². The van der Waals surface area contributed by atoms with E-state index in [1.165, 1.54) is 26.2 Å². The number of hydrogen-bond donors (Lipinski definition) is 0. The molecule has 19 heavy (non-hydrogen) atoms. The summed E-state index contributed by atoms with van der Waals surface area (Å²) in [7, 11) is 1.34. The molecule has 1 saturated carbocycles. The van der Waals surface area contributed by atoms with Gasteiger partial charge in [0.05, 0.1) is 13.4 Å². The van der Waals surface area contributed by atoms with E-state index in [-0.39, 0.29) is 5.76 Å². The van der Waals surface area contributed by atoms with Crippen LogP contribution in [0.3, 0.4) is 0 Å². The maximum absolute atomic E-state index is 11.5. The Morgan fingerprint density at radius 1 is 1.63 bits per heavy atom. The molecular formula is C12H13N3O3S. The number of ether oxygens (including phenoxy) is 1.